The number of carbonyl (C=O) groups excluding carboxylic acids is 1. The number of hydrogen-bond donors (Lipinski definition) is 3. The van der Waals surface area contributed by atoms with Crippen LogP contribution in [0.15, 0.2) is 24.3 Å². The van der Waals surface area contributed by atoms with Gasteiger partial charge in [0, 0.05) is 43.5 Å². The molecule has 1 aliphatic heterocycles. The molecule has 1 aliphatic rings. The minimum atomic E-state index is 0.117. The van der Waals surface area contributed by atoms with Crippen LogP contribution in [-0.2, 0) is 11.2 Å². The maximum atomic E-state index is 11.9. The average Bonchev–Trinajstić information content (AvgIpc) is 2.91. The van der Waals surface area contributed by atoms with Gasteiger partial charge < -0.3 is 15.6 Å². The first-order valence-corrected chi connectivity index (χ1v) is 8.48. The average molecular weight is 304 g/mol. The molecule has 5 nitrogen and oxygen atoms in total. The number of benzene rings is 1. The van der Waals surface area contributed by atoms with Crippen molar-refractivity contribution in [1.82, 2.24) is 20.6 Å². The number of aromatic nitrogens is 2. The molecule has 2 aromatic rings. The highest BCUT2D eigenvalue weighted by Crippen LogP contribution is 2.11. The van der Waals surface area contributed by atoms with Crippen LogP contribution in [0.25, 0.3) is 11.0 Å². The van der Waals surface area contributed by atoms with Crippen LogP contribution in [0.4, 0.5) is 0 Å². The molecule has 1 amide bonds. The fraction of sp³-hybridized carbons (Fsp3) is 0.467. The zero-order chi connectivity index (χ0) is 14.5. The molecule has 0 aliphatic carbocycles. The van der Waals surface area contributed by atoms with Crippen molar-refractivity contribution in [2.24, 2.45) is 0 Å². The highest BCUT2D eigenvalue weighted by atomic mass is 32.2. The molecule has 0 bridgehead atoms. The lowest BCUT2D eigenvalue weighted by Gasteiger charge is -2.22. The number of H-pyrrole nitrogens is 1. The SMILES string of the molecule is O=C(CC1CSCCN1)NCCc1nc2ccccc2[nH]1. The predicted molar refractivity (Wildman–Crippen MR) is 86.5 cm³/mol. The van der Waals surface area contributed by atoms with Gasteiger partial charge in [0.2, 0.25) is 5.91 Å². The molecule has 1 atom stereocenters. The summed E-state index contributed by atoms with van der Waals surface area (Å²) >= 11 is 1.91. The van der Waals surface area contributed by atoms with E-state index in [9.17, 15) is 4.79 Å². The summed E-state index contributed by atoms with van der Waals surface area (Å²) in [5.41, 5.74) is 2.02. The van der Waals surface area contributed by atoms with Gasteiger partial charge in [0.25, 0.3) is 0 Å². The Labute approximate surface area is 128 Å². The van der Waals surface area contributed by atoms with Gasteiger partial charge in [-0.05, 0) is 12.1 Å². The Kier molecular flexibility index (Phi) is 4.77. The summed E-state index contributed by atoms with van der Waals surface area (Å²) in [5, 5.41) is 6.35. The lowest BCUT2D eigenvalue weighted by Crippen LogP contribution is -2.41. The molecule has 0 saturated carbocycles. The van der Waals surface area contributed by atoms with E-state index in [0.29, 0.717) is 19.0 Å². The van der Waals surface area contributed by atoms with Crippen LogP contribution in [0, 0.1) is 0 Å². The predicted octanol–water partition coefficient (Wildman–Crippen LogP) is 1.32. The van der Waals surface area contributed by atoms with Crippen LogP contribution < -0.4 is 10.6 Å². The molecule has 1 aromatic carbocycles. The maximum Gasteiger partial charge on any atom is 0.221 e. The van der Waals surface area contributed by atoms with E-state index in [4.69, 9.17) is 0 Å². The zero-order valence-corrected chi connectivity index (χ0v) is 12.7. The van der Waals surface area contributed by atoms with Crippen molar-refractivity contribution in [3.05, 3.63) is 30.1 Å². The topological polar surface area (TPSA) is 69.8 Å². The zero-order valence-electron chi connectivity index (χ0n) is 11.9. The summed E-state index contributed by atoms with van der Waals surface area (Å²) in [7, 11) is 0. The fourth-order valence-electron chi connectivity index (χ4n) is 2.49. The van der Waals surface area contributed by atoms with Crippen molar-refractivity contribution in [2.75, 3.05) is 24.6 Å². The number of carbonyl (C=O) groups is 1. The molecule has 21 heavy (non-hydrogen) atoms. The number of hydrogen-bond acceptors (Lipinski definition) is 4. The first kappa shape index (κ1) is 14.4. The molecule has 1 aromatic heterocycles. The second-order valence-corrected chi connectivity index (χ2v) is 6.38. The van der Waals surface area contributed by atoms with Crippen molar-refractivity contribution in [3.8, 4) is 0 Å². The fourth-order valence-corrected chi connectivity index (χ4v) is 3.44. The monoisotopic (exact) mass is 304 g/mol. The van der Waals surface area contributed by atoms with Crippen LogP contribution in [0.3, 0.4) is 0 Å². The van der Waals surface area contributed by atoms with E-state index >= 15 is 0 Å². The first-order valence-electron chi connectivity index (χ1n) is 7.33. The molecule has 112 valence electrons. The van der Waals surface area contributed by atoms with Gasteiger partial charge in [-0.25, -0.2) is 4.98 Å². The van der Waals surface area contributed by atoms with E-state index in [1.54, 1.807) is 0 Å². The van der Waals surface area contributed by atoms with Crippen molar-refractivity contribution in [3.63, 3.8) is 0 Å². The van der Waals surface area contributed by atoms with Crippen LogP contribution in [0.1, 0.15) is 12.2 Å². The molecule has 1 fully saturated rings. The quantitative estimate of drug-likeness (QED) is 0.779. The van der Waals surface area contributed by atoms with Crippen molar-refractivity contribution in [2.45, 2.75) is 18.9 Å². The second-order valence-electron chi connectivity index (χ2n) is 5.23. The molecule has 1 unspecified atom stereocenters. The van der Waals surface area contributed by atoms with Crippen LogP contribution >= 0.6 is 11.8 Å². The van der Waals surface area contributed by atoms with Crippen molar-refractivity contribution < 1.29 is 4.79 Å². The van der Waals surface area contributed by atoms with Crippen LogP contribution in [0.5, 0.6) is 0 Å². The Morgan fingerprint density at radius 3 is 3.14 bits per heavy atom. The Bertz CT molecular complexity index is 573. The number of rotatable bonds is 5. The molecule has 3 rings (SSSR count). The lowest BCUT2D eigenvalue weighted by molar-refractivity contribution is -0.121. The number of thioether (sulfide) groups is 1. The summed E-state index contributed by atoms with van der Waals surface area (Å²) in [5.74, 6) is 3.20. The third kappa shape index (κ3) is 3.98. The Morgan fingerprint density at radius 1 is 1.43 bits per heavy atom. The van der Waals surface area contributed by atoms with E-state index in [0.717, 1.165) is 41.3 Å². The Hall–Kier alpha value is -1.53. The number of imidazole rings is 1. The van der Waals surface area contributed by atoms with Crippen LogP contribution in [-0.4, -0.2) is 46.5 Å². The lowest BCUT2D eigenvalue weighted by atomic mass is 10.2. The standard InChI is InChI=1S/C15H20N4OS/c20-15(9-11-10-21-8-7-16-11)17-6-5-14-18-12-3-1-2-4-13(12)19-14/h1-4,11,16H,5-10H2,(H,17,20)(H,18,19). The molecular weight excluding hydrogens is 284 g/mol. The minimum Gasteiger partial charge on any atom is -0.356 e. The summed E-state index contributed by atoms with van der Waals surface area (Å²) in [6.45, 7) is 1.63. The van der Waals surface area contributed by atoms with Gasteiger partial charge in [0.05, 0.1) is 11.0 Å². The summed E-state index contributed by atoms with van der Waals surface area (Å²) < 4.78 is 0. The molecular formula is C15H20N4OS. The molecule has 0 radical (unpaired) electrons. The van der Waals surface area contributed by atoms with E-state index in [1.165, 1.54) is 0 Å². The molecule has 6 heteroatoms. The summed E-state index contributed by atoms with van der Waals surface area (Å²) in [6.07, 6.45) is 1.29. The maximum absolute atomic E-state index is 11.9. The van der Waals surface area contributed by atoms with Crippen molar-refractivity contribution >= 4 is 28.7 Å². The van der Waals surface area contributed by atoms with Gasteiger partial charge in [-0.3, -0.25) is 4.79 Å². The first-order chi connectivity index (χ1) is 10.3. The highest BCUT2D eigenvalue weighted by molar-refractivity contribution is 7.99. The van der Waals surface area contributed by atoms with Gasteiger partial charge >= 0.3 is 0 Å². The highest BCUT2D eigenvalue weighted by Gasteiger charge is 2.16. The van der Waals surface area contributed by atoms with E-state index in [1.807, 2.05) is 36.0 Å². The van der Waals surface area contributed by atoms with E-state index in [-0.39, 0.29) is 5.91 Å². The molecule has 1 saturated heterocycles. The number of fused-ring (bicyclic) bond motifs is 1. The Balaban J connectivity index is 1.43. The third-order valence-electron chi connectivity index (χ3n) is 3.55. The number of para-hydroxylation sites is 2. The number of nitrogens with one attached hydrogen (secondary N) is 3. The number of aromatic amines is 1. The number of amides is 1. The Morgan fingerprint density at radius 2 is 2.33 bits per heavy atom. The van der Waals surface area contributed by atoms with Gasteiger partial charge in [0.15, 0.2) is 0 Å². The van der Waals surface area contributed by atoms with Gasteiger partial charge in [-0.2, -0.15) is 11.8 Å². The van der Waals surface area contributed by atoms with Gasteiger partial charge in [0.1, 0.15) is 5.82 Å². The summed E-state index contributed by atoms with van der Waals surface area (Å²) in [4.78, 5) is 19.7. The van der Waals surface area contributed by atoms with Crippen LogP contribution in [0.2, 0.25) is 0 Å². The van der Waals surface area contributed by atoms with Gasteiger partial charge in [-0.15, -0.1) is 0 Å². The van der Waals surface area contributed by atoms with E-state index in [2.05, 4.69) is 20.6 Å². The second kappa shape index (κ2) is 6.95. The molecule has 3 N–H and O–H groups in total. The smallest absolute Gasteiger partial charge is 0.221 e. The normalized spacial score (nSPS) is 18.8. The van der Waals surface area contributed by atoms with Crippen molar-refractivity contribution in [1.29, 1.82) is 0 Å². The van der Waals surface area contributed by atoms with Gasteiger partial charge in [-0.1, -0.05) is 12.1 Å². The third-order valence-corrected chi connectivity index (χ3v) is 4.68. The largest absolute Gasteiger partial charge is 0.356 e. The molecule has 0 spiro atoms. The molecule has 2 heterocycles. The minimum absolute atomic E-state index is 0.117. The summed E-state index contributed by atoms with van der Waals surface area (Å²) in [6, 6.07) is 8.28. The van der Waals surface area contributed by atoms with E-state index < -0.39 is 0 Å². The number of nitrogens with zero attached hydrogens (tertiary/aromatic N) is 1.